The summed E-state index contributed by atoms with van der Waals surface area (Å²) in [4.78, 5) is 0. The molecule has 0 aromatic carbocycles. The molecule has 21 heavy (non-hydrogen) atoms. The van der Waals surface area contributed by atoms with Crippen LogP contribution >= 0.6 is 0 Å². The van der Waals surface area contributed by atoms with Crippen molar-refractivity contribution in [2.45, 2.75) is 71.1 Å². The summed E-state index contributed by atoms with van der Waals surface area (Å²) in [6.07, 6.45) is 30.0. The minimum atomic E-state index is 0.813. The van der Waals surface area contributed by atoms with Crippen LogP contribution in [-0.2, 0) is 0 Å². The lowest BCUT2D eigenvalue weighted by atomic mass is 10.2. The molecule has 0 aliphatic rings. The highest BCUT2D eigenvalue weighted by Gasteiger charge is 1.81. The Morgan fingerprint density at radius 2 is 1.00 bits per heavy atom. The normalized spacial score (nSPS) is 12.7. The van der Waals surface area contributed by atoms with Crippen LogP contribution in [0.5, 0.6) is 0 Å². The first-order valence-electron chi connectivity index (χ1n) is 8.71. The first-order valence-corrected chi connectivity index (χ1v) is 8.71. The van der Waals surface area contributed by atoms with Crippen LogP contribution in [0.1, 0.15) is 71.1 Å². The maximum Gasteiger partial charge on any atom is -0.00772 e. The van der Waals surface area contributed by atoms with E-state index in [9.17, 15) is 0 Å². The van der Waals surface area contributed by atoms with Crippen molar-refractivity contribution in [1.82, 2.24) is 0 Å². The van der Waals surface area contributed by atoms with Gasteiger partial charge in [0.1, 0.15) is 0 Å². The Morgan fingerprint density at radius 3 is 1.43 bits per heavy atom. The van der Waals surface area contributed by atoms with Gasteiger partial charge in [0, 0.05) is 0 Å². The zero-order chi connectivity index (χ0) is 15.4. The van der Waals surface area contributed by atoms with Gasteiger partial charge in [-0.25, -0.2) is 0 Å². The van der Waals surface area contributed by atoms with Gasteiger partial charge < -0.3 is 5.73 Å². The largest absolute Gasteiger partial charge is 0.330 e. The summed E-state index contributed by atoms with van der Waals surface area (Å²) >= 11 is 0. The number of unbranched alkanes of at least 4 members (excludes halogenated alkanes) is 5. The van der Waals surface area contributed by atoms with Crippen LogP contribution in [0.25, 0.3) is 0 Å². The maximum absolute atomic E-state index is 5.45. The molecule has 0 saturated heterocycles. The van der Waals surface area contributed by atoms with Crippen LogP contribution < -0.4 is 5.73 Å². The highest BCUT2D eigenvalue weighted by Crippen LogP contribution is 2.01. The van der Waals surface area contributed by atoms with Gasteiger partial charge in [0.25, 0.3) is 0 Å². The summed E-state index contributed by atoms with van der Waals surface area (Å²) < 4.78 is 0. The third-order valence-corrected chi connectivity index (χ3v) is 3.28. The van der Waals surface area contributed by atoms with Gasteiger partial charge in [0.15, 0.2) is 0 Å². The van der Waals surface area contributed by atoms with Crippen molar-refractivity contribution >= 4 is 0 Å². The van der Waals surface area contributed by atoms with Crippen molar-refractivity contribution in [3.8, 4) is 0 Å². The van der Waals surface area contributed by atoms with Crippen molar-refractivity contribution in [1.29, 1.82) is 0 Å². The molecule has 0 fully saturated rings. The first-order chi connectivity index (χ1) is 10.4. The summed E-state index contributed by atoms with van der Waals surface area (Å²) in [6, 6.07) is 0. The van der Waals surface area contributed by atoms with Crippen LogP contribution in [0.4, 0.5) is 0 Å². The van der Waals surface area contributed by atoms with E-state index in [1.807, 2.05) is 0 Å². The van der Waals surface area contributed by atoms with E-state index >= 15 is 0 Å². The Hall–Kier alpha value is -1.08. The second-order valence-electron chi connectivity index (χ2n) is 5.37. The molecule has 0 radical (unpaired) electrons. The fraction of sp³-hybridized carbons (Fsp3) is 0.600. The molecule has 0 aliphatic carbocycles. The molecule has 0 saturated carbocycles. The minimum absolute atomic E-state index is 0.813. The third kappa shape index (κ3) is 18.9. The third-order valence-electron chi connectivity index (χ3n) is 3.28. The molecule has 0 bridgehead atoms. The molecule has 1 nitrogen and oxygen atoms in total. The number of allylic oxidation sites excluding steroid dienone is 8. The molecule has 120 valence electrons. The van der Waals surface area contributed by atoms with E-state index in [1.54, 1.807) is 0 Å². The van der Waals surface area contributed by atoms with Gasteiger partial charge in [-0.05, 0) is 57.9 Å². The minimum Gasteiger partial charge on any atom is -0.330 e. The van der Waals surface area contributed by atoms with E-state index in [0.717, 1.165) is 38.6 Å². The summed E-state index contributed by atoms with van der Waals surface area (Å²) in [5, 5.41) is 0. The van der Waals surface area contributed by atoms with Crippen LogP contribution in [0.15, 0.2) is 48.6 Å². The number of hydrogen-bond donors (Lipinski definition) is 1. The smallest absolute Gasteiger partial charge is 0.00772 e. The molecule has 0 amide bonds. The quantitative estimate of drug-likeness (QED) is 0.304. The lowest BCUT2D eigenvalue weighted by Gasteiger charge is -1.91. The van der Waals surface area contributed by atoms with Gasteiger partial charge in [0.2, 0.25) is 0 Å². The van der Waals surface area contributed by atoms with Crippen LogP contribution in [0, 0.1) is 0 Å². The fourth-order valence-electron chi connectivity index (χ4n) is 1.97. The summed E-state index contributed by atoms with van der Waals surface area (Å²) in [6.45, 7) is 3.06. The number of rotatable bonds is 14. The van der Waals surface area contributed by atoms with Crippen molar-refractivity contribution in [2.75, 3.05) is 6.54 Å². The first kappa shape index (κ1) is 19.9. The van der Waals surface area contributed by atoms with E-state index in [0.29, 0.717) is 0 Å². The lowest BCUT2D eigenvalue weighted by Crippen LogP contribution is -1.96. The van der Waals surface area contributed by atoms with Gasteiger partial charge in [-0.15, -0.1) is 0 Å². The Balaban J connectivity index is 3.35. The van der Waals surface area contributed by atoms with Crippen molar-refractivity contribution in [3.63, 3.8) is 0 Å². The Labute approximate surface area is 132 Å². The summed E-state index contributed by atoms with van der Waals surface area (Å²) in [7, 11) is 0. The molecule has 0 heterocycles. The monoisotopic (exact) mass is 289 g/mol. The summed E-state index contributed by atoms with van der Waals surface area (Å²) in [5.74, 6) is 0. The zero-order valence-corrected chi connectivity index (χ0v) is 14.0. The number of nitrogens with two attached hydrogens (primary N) is 1. The highest BCUT2D eigenvalue weighted by atomic mass is 14.5. The predicted octanol–water partition coefficient (Wildman–Crippen LogP) is 6.09. The summed E-state index contributed by atoms with van der Waals surface area (Å²) in [5.41, 5.74) is 5.45. The standard InChI is InChI=1S/C20H35N/c1-2-3-4-5-6-7-8-9-10-11-12-13-14-15-16-17-18-19-20-21/h6-7,9-10,12-13,15-16H,2-5,8,11,14,17-21H2,1H3/b7-6+,10-9+,13-12+,16-15+. The Morgan fingerprint density at radius 1 is 0.571 bits per heavy atom. The highest BCUT2D eigenvalue weighted by molar-refractivity contribution is 4.99. The molecule has 0 aliphatic heterocycles. The van der Waals surface area contributed by atoms with E-state index in [2.05, 4.69) is 55.5 Å². The topological polar surface area (TPSA) is 26.0 Å². The average Bonchev–Trinajstić information content (AvgIpc) is 2.50. The van der Waals surface area contributed by atoms with Gasteiger partial charge in [-0.1, -0.05) is 68.4 Å². The lowest BCUT2D eigenvalue weighted by molar-refractivity contribution is 0.728. The van der Waals surface area contributed by atoms with Crippen molar-refractivity contribution in [3.05, 3.63) is 48.6 Å². The van der Waals surface area contributed by atoms with E-state index in [-0.39, 0.29) is 0 Å². The molecule has 0 aromatic heterocycles. The Kier molecular flexibility index (Phi) is 17.9. The predicted molar refractivity (Wildman–Crippen MR) is 97.5 cm³/mol. The molecule has 0 aromatic rings. The zero-order valence-electron chi connectivity index (χ0n) is 14.0. The van der Waals surface area contributed by atoms with Crippen molar-refractivity contribution < 1.29 is 0 Å². The fourth-order valence-corrected chi connectivity index (χ4v) is 1.97. The van der Waals surface area contributed by atoms with Crippen LogP contribution in [-0.4, -0.2) is 6.54 Å². The molecular formula is C20H35N. The molecule has 0 unspecified atom stereocenters. The molecule has 0 spiro atoms. The van der Waals surface area contributed by atoms with E-state index in [1.165, 1.54) is 32.1 Å². The average molecular weight is 290 g/mol. The van der Waals surface area contributed by atoms with Crippen LogP contribution in [0.3, 0.4) is 0 Å². The number of hydrogen-bond acceptors (Lipinski definition) is 1. The van der Waals surface area contributed by atoms with Crippen LogP contribution in [0.2, 0.25) is 0 Å². The molecular weight excluding hydrogens is 254 g/mol. The van der Waals surface area contributed by atoms with Gasteiger partial charge in [-0.3, -0.25) is 0 Å². The molecule has 0 atom stereocenters. The second kappa shape index (κ2) is 18.9. The Bertz CT molecular complexity index is 267. The molecule has 0 rings (SSSR count). The SMILES string of the molecule is CCCCC/C=C/C/C=C/C/C=C/C/C=C/CCCCN. The second-order valence-corrected chi connectivity index (χ2v) is 5.37. The van der Waals surface area contributed by atoms with E-state index < -0.39 is 0 Å². The van der Waals surface area contributed by atoms with Crippen molar-refractivity contribution in [2.24, 2.45) is 5.73 Å². The van der Waals surface area contributed by atoms with Gasteiger partial charge in [0.05, 0.1) is 0 Å². The van der Waals surface area contributed by atoms with Gasteiger partial charge in [-0.2, -0.15) is 0 Å². The molecule has 1 heteroatoms. The molecule has 2 N–H and O–H groups in total. The van der Waals surface area contributed by atoms with Gasteiger partial charge >= 0.3 is 0 Å². The van der Waals surface area contributed by atoms with E-state index in [4.69, 9.17) is 5.73 Å². The maximum atomic E-state index is 5.45.